The number of carbonyl (C=O) groups is 1. The van der Waals surface area contributed by atoms with Crippen molar-refractivity contribution in [3.05, 3.63) is 77.7 Å². The molecule has 0 saturated carbocycles. The molecule has 1 aromatic heterocycles. The van der Waals surface area contributed by atoms with Crippen molar-refractivity contribution in [2.24, 2.45) is 0 Å². The average molecular weight is 317 g/mol. The molecule has 1 heterocycles. The summed E-state index contributed by atoms with van der Waals surface area (Å²) in [6, 6.07) is 19.5. The van der Waals surface area contributed by atoms with Crippen LogP contribution in [0.1, 0.15) is 21.8 Å². The van der Waals surface area contributed by atoms with E-state index in [1.165, 1.54) is 0 Å². The predicted molar refractivity (Wildman–Crippen MR) is 91.8 cm³/mol. The molecule has 0 aliphatic carbocycles. The van der Waals surface area contributed by atoms with Gasteiger partial charge in [0.1, 0.15) is 0 Å². The van der Waals surface area contributed by atoms with Crippen molar-refractivity contribution in [3.8, 4) is 0 Å². The van der Waals surface area contributed by atoms with Crippen LogP contribution in [0.4, 0.5) is 0 Å². The van der Waals surface area contributed by atoms with E-state index in [-0.39, 0.29) is 12.6 Å². The molecule has 0 bridgehead atoms. The van der Waals surface area contributed by atoms with Gasteiger partial charge in [0.25, 0.3) is 0 Å². The van der Waals surface area contributed by atoms with Crippen LogP contribution in [-0.2, 0) is 11.3 Å². The molecule has 4 nitrogen and oxygen atoms in total. The molecule has 0 amide bonds. The Bertz CT molecular complexity index is 995. The Hall–Kier alpha value is -3.14. The molecule has 0 atom stereocenters. The van der Waals surface area contributed by atoms with Gasteiger partial charge < -0.3 is 9.26 Å². The summed E-state index contributed by atoms with van der Waals surface area (Å²) in [5, 5.41) is 7.59. The van der Waals surface area contributed by atoms with Gasteiger partial charge >= 0.3 is 5.97 Å². The first-order chi connectivity index (χ1) is 11.7. The van der Waals surface area contributed by atoms with E-state index >= 15 is 0 Å². The van der Waals surface area contributed by atoms with Crippen LogP contribution in [0.3, 0.4) is 0 Å². The number of aryl methyl sites for hydroxylation is 1. The van der Waals surface area contributed by atoms with Crippen LogP contribution in [0.5, 0.6) is 0 Å². The van der Waals surface area contributed by atoms with E-state index in [1.807, 2.05) is 55.5 Å². The van der Waals surface area contributed by atoms with Crippen molar-refractivity contribution in [2.45, 2.75) is 13.5 Å². The molecule has 0 aliphatic heterocycles. The Morgan fingerprint density at radius 1 is 1.00 bits per heavy atom. The Labute approximate surface area is 138 Å². The number of carbonyl (C=O) groups excluding carboxylic acids is 1. The van der Waals surface area contributed by atoms with Crippen LogP contribution in [-0.4, -0.2) is 11.1 Å². The zero-order valence-electron chi connectivity index (χ0n) is 13.2. The fourth-order valence-electron chi connectivity index (χ4n) is 2.93. The van der Waals surface area contributed by atoms with Gasteiger partial charge in [0.15, 0.2) is 12.4 Å². The molecular formula is C20H15NO3. The number of rotatable bonds is 3. The molecule has 0 radical (unpaired) electrons. The van der Waals surface area contributed by atoms with E-state index in [4.69, 9.17) is 9.26 Å². The lowest BCUT2D eigenvalue weighted by Crippen LogP contribution is -2.06. The van der Waals surface area contributed by atoms with Gasteiger partial charge in [0, 0.05) is 6.07 Å². The zero-order chi connectivity index (χ0) is 16.5. The number of esters is 1. The first-order valence-electron chi connectivity index (χ1n) is 7.72. The summed E-state index contributed by atoms with van der Waals surface area (Å²) >= 11 is 0. The third-order valence-corrected chi connectivity index (χ3v) is 4.00. The summed E-state index contributed by atoms with van der Waals surface area (Å²) in [6.07, 6.45) is 0. The van der Waals surface area contributed by atoms with Crippen LogP contribution in [0, 0.1) is 6.92 Å². The van der Waals surface area contributed by atoms with Crippen LogP contribution in [0.15, 0.2) is 65.2 Å². The third-order valence-electron chi connectivity index (χ3n) is 4.00. The minimum absolute atomic E-state index is 0.0667. The highest BCUT2D eigenvalue weighted by atomic mass is 16.5. The van der Waals surface area contributed by atoms with Crippen molar-refractivity contribution in [1.29, 1.82) is 0 Å². The molecule has 0 spiro atoms. The topological polar surface area (TPSA) is 52.3 Å². The lowest BCUT2D eigenvalue weighted by molar-refractivity contribution is 0.0442. The van der Waals surface area contributed by atoms with Crippen LogP contribution < -0.4 is 0 Å². The lowest BCUT2D eigenvalue weighted by Gasteiger charge is -2.10. The van der Waals surface area contributed by atoms with Crippen LogP contribution in [0.2, 0.25) is 0 Å². The van der Waals surface area contributed by atoms with Crippen molar-refractivity contribution in [3.63, 3.8) is 0 Å². The van der Waals surface area contributed by atoms with Gasteiger partial charge in [0.2, 0.25) is 0 Å². The van der Waals surface area contributed by atoms with Crippen molar-refractivity contribution >= 4 is 27.5 Å². The number of hydrogen-bond donors (Lipinski definition) is 0. The van der Waals surface area contributed by atoms with Gasteiger partial charge in [-0.2, -0.15) is 0 Å². The Morgan fingerprint density at radius 3 is 2.21 bits per heavy atom. The van der Waals surface area contributed by atoms with E-state index in [2.05, 4.69) is 11.2 Å². The van der Waals surface area contributed by atoms with E-state index in [1.54, 1.807) is 6.07 Å². The number of hydrogen-bond acceptors (Lipinski definition) is 4. The molecule has 0 fully saturated rings. The molecule has 4 heteroatoms. The molecule has 118 valence electrons. The number of nitrogens with zero attached hydrogens (tertiary/aromatic N) is 1. The minimum Gasteiger partial charge on any atom is -0.454 e. The molecule has 0 aliphatic rings. The van der Waals surface area contributed by atoms with Gasteiger partial charge in [-0.3, -0.25) is 0 Å². The first kappa shape index (κ1) is 14.5. The first-order valence-corrected chi connectivity index (χ1v) is 7.72. The summed E-state index contributed by atoms with van der Waals surface area (Å²) in [4.78, 5) is 12.8. The summed E-state index contributed by atoms with van der Waals surface area (Å²) in [6.45, 7) is 1.89. The lowest BCUT2D eigenvalue weighted by atomic mass is 9.97. The number of fused-ring (bicyclic) bond motifs is 2. The Kier molecular flexibility index (Phi) is 3.50. The second-order valence-electron chi connectivity index (χ2n) is 5.70. The maximum absolute atomic E-state index is 12.8. The molecule has 0 unspecified atom stereocenters. The zero-order valence-corrected chi connectivity index (χ0v) is 13.2. The molecular weight excluding hydrogens is 302 g/mol. The third kappa shape index (κ3) is 2.52. The highest BCUT2D eigenvalue weighted by molar-refractivity contribution is 6.16. The van der Waals surface area contributed by atoms with E-state index in [9.17, 15) is 4.79 Å². The number of benzene rings is 3. The molecule has 24 heavy (non-hydrogen) atoms. The SMILES string of the molecule is Cc1cc(COC(=O)c2c3ccccc3cc3ccccc23)on1. The summed E-state index contributed by atoms with van der Waals surface area (Å²) < 4.78 is 10.6. The normalized spacial score (nSPS) is 11.0. The van der Waals surface area contributed by atoms with Gasteiger partial charge in [-0.1, -0.05) is 53.7 Å². The monoisotopic (exact) mass is 317 g/mol. The quantitative estimate of drug-likeness (QED) is 0.408. The van der Waals surface area contributed by atoms with Crippen LogP contribution in [0.25, 0.3) is 21.5 Å². The Morgan fingerprint density at radius 2 is 1.62 bits per heavy atom. The Balaban J connectivity index is 1.79. The molecule has 3 aromatic carbocycles. The average Bonchev–Trinajstić information content (AvgIpc) is 3.03. The van der Waals surface area contributed by atoms with E-state index in [0.717, 1.165) is 27.2 Å². The van der Waals surface area contributed by atoms with Gasteiger partial charge in [-0.25, -0.2) is 4.79 Å². The predicted octanol–water partition coefficient (Wildman–Crippen LogP) is 4.65. The number of ether oxygens (including phenoxy) is 1. The molecule has 4 aromatic rings. The van der Waals surface area contributed by atoms with Gasteiger partial charge in [-0.15, -0.1) is 0 Å². The summed E-state index contributed by atoms with van der Waals surface area (Å²) in [5.41, 5.74) is 1.34. The highest BCUT2D eigenvalue weighted by Gasteiger charge is 2.17. The highest BCUT2D eigenvalue weighted by Crippen LogP contribution is 2.29. The second-order valence-corrected chi connectivity index (χ2v) is 5.70. The maximum atomic E-state index is 12.8. The molecule has 0 N–H and O–H groups in total. The van der Waals surface area contributed by atoms with Crippen molar-refractivity contribution in [2.75, 3.05) is 0 Å². The van der Waals surface area contributed by atoms with Gasteiger partial charge in [-0.05, 0) is 34.5 Å². The molecule has 4 rings (SSSR count). The second kappa shape index (κ2) is 5.81. The largest absolute Gasteiger partial charge is 0.454 e. The smallest absolute Gasteiger partial charge is 0.339 e. The summed E-state index contributed by atoms with van der Waals surface area (Å²) in [7, 11) is 0. The van der Waals surface area contributed by atoms with Gasteiger partial charge in [0.05, 0.1) is 11.3 Å². The minimum atomic E-state index is -0.364. The fraction of sp³-hybridized carbons (Fsp3) is 0.100. The van der Waals surface area contributed by atoms with Crippen molar-refractivity contribution in [1.82, 2.24) is 5.16 Å². The maximum Gasteiger partial charge on any atom is 0.339 e. The van der Waals surface area contributed by atoms with Crippen molar-refractivity contribution < 1.29 is 14.1 Å². The standard InChI is InChI=1S/C20H15NO3/c1-13-10-16(24-21-13)12-23-20(22)19-17-8-4-2-6-14(17)11-15-7-3-5-9-18(15)19/h2-11H,12H2,1H3. The fourth-order valence-corrected chi connectivity index (χ4v) is 2.93. The van der Waals surface area contributed by atoms with E-state index < -0.39 is 0 Å². The summed E-state index contributed by atoms with van der Waals surface area (Å²) in [5.74, 6) is 0.169. The molecule has 0 saturated heterocycles. The van der Waals surface area contributed by atoms with Crippen LogP contribution >= 0.6 is 0 Å². The number of aromatic nitrogens is 1. The van der Waals surface area contributed by atoms with E-state index in [0.29, 0.717) is 11.3 Å².